The Labute approximate surface area is 368 Å². The molecule has 0 atom stereocenters. The average molecular weight is 814 g/mol. The van der Waals surface area contributed by atoms with Crippen LogP contribution in [0.2, 0.25) is 0 Å². The van der Waals surface area contributed by atoms with Gasteiger partial charge in [-0.05, 0) is 147 Å². The van der Waals surface area contributed by atoms with Gasteiger partial charge in [0.25, 0.3) is 0 Å². The van der Waals surface area contributed by atoms with Gasteiger partial charge in [0.2, 0.25) is 0 Å². The molecule has 2 nitrogen and oxygen atoms in total. The van der Waals surface area contributed by atoms with E-state index in [9.17, 15) is 0 Å². The van der Waals surface area contributed by atoms with Gasteiger partial charge in [0.15, 0.2) is 7.28 Å². The second-order valence-corrected chi connectivity index (χ2v) is 20.6. The second-order valence-electron chi connectivity index (χ2n) is 19.5. The summed E-state index contributed by atoms with van der Waals surface area (Å²) >= 11 is 1.90. The minimum Gasteiger partial charge on any atom is -0.355 e. The van der Waals surface area contributed by atoms with Gasteiger partial charge in [0.05, 0.1) is 5.52 Å². The van der Waals surface area contributed by atoms with Gasteiger partial charge in [-0.15, -0.1) is 11.3 Å². The van der Waals surface area contributed by atoms with Crippen LogP contribution < -0.4 is 16.2 Å². The van der Waals surface area contributed by atoms with Gasteiger partial charge in [0.1, 0.15) is 0 Å². The Morgan fingerprint density at radius 2 is 1.31 bits per heavy atom. The number of thiophene rings is 1. The predicted octanol–water partition coefficient (Wildman–Crippen LogP) is 14.4. The molecule has 2 aliphatic carbocycles. The number of rotatable bonds is 4. The van der Waals surface area contributed by atoms with Gasteiger partial charge in [-0.2, -0.15) is 0 Å². The Kier molecular flexibility index (Phi) is 7.52. The lowest BCUT2D eigenvalue weighted by Gasteiger charge is -2.42. The molecule has 4 heteroatoms. The van der Waals surface area contributed by atoms with Crippen molar-refractivity contribution in [3.63, 3.8) is 0 Å². The van der Waals surface area contributed by atoms with Crippen LogP contribution >= 0.6 is 11.3 Å². The van der Waals surface area contributed by atoms with Crippen molar-refractivity contribution in [2.45, 2.75) is 64.7 Å². The van der Waals surface area contributed by atoms with E-state index in [0.29, 0.717) is 0 Å². The highest BCUT2D eigenvalue weighted by Crippen LogP contribution is 2.51. The van der Waals surface area contributed by atoms with E-state index in [1.807, 2.05) is 11.3 Å². The minimum absolute atomic E-state index is 0.0688. The smallest absolute Gasteiger partial charge is 0.197 e. The number of hydrogen-bond acceptors (Lipinski definition) is 2. The maximum atomic E-state index is 3.85. The number of hydrogen-bond donors (Lipinski definition) is 1. The number of aryl methyl sites for hydroxylation is 1. The molecule has 0 saturated heterocycles. The molecular weight excluding hydrogens is 768 g/mol. The van der Waals surface area contributed by atoms with Gasteiger partial charge in [-0.3, -0.25) is 0 Å². The van der Waals surface area contributed by atoms with Crippen molar-refractivity contribution in [3.05, 3.63) is 173 Å². The van der Waals surface area contributed by atoms with Crippen LogP contribution in [0.1, 0.15) is 68.4 Å². The molecule has 0 bridgehead atoms. The summed E-state index contributed by atoms with van der Waals surface area (Å²) in [6, 6.07) is 55.5. The summed E-state index contributed by atoms with van der Waals surface area (Å²) in [5.74, 6) is 0. The Hall–Kier alpha value is -6.36. The zero-order valence-electron chi connectivity index (χ0n) is 35.9. The third kappa shape index (κ3) is 5.23. The van der Waals surface area contributed by atoms with Gasteiger partial charge >= 0.3 is 0 Å². The molecule has 2 aromatic heterocycles. The minimum atomic E-state index is 0.0688. The first-order valence-corrected chi connectivity index (χ1v) is 23.1. The maximum Gasteiger partial charge on any atom is 0.197 e. The summed E-state index contributed by atoms with van der Waals surface area (Å²) in [4.78, 5) is 0. The van der Waals surface area contributed by atoms with E-state index in [-0.39, 0.29) is 10.8 Å². The van der Waals surface area contributed by atoms with E-state index in [1.54, 1.807) is 0 Å². The van der Waals surface area contributed by atoms with Crippen LogP contribution in [0.3, 0.4) is 0 Å². The number of para-hydroxylation sites is 1. The van der Waals surface area contributed by atoms with Crippen molar-refractivity contribution in [2.24, 2.45) is 0 Å². The zero-order chi connectivity index (χ0) is 41.6. The molecule has 3 heterocycles. The van der Waals surface area contributed by atoms with Gasteiger partial charge < -0.3 is 9.88 Å². The monoisotopic (exact) mass is 813 g/mol. The third-order valence-electron chi connectivity index (χ3n) is 14.8. The lowest BCUT2D eigenvalue weighted by Crippen LogP contribution is -2.37. The number of aromatic nitrogens is 1. The molecule has 1 aliphatic heterocycles. The molecule has 0 fully saturated rings. The topological polar surface area (TPSA) is 17.0 Å². The van der Waals surface area contributed by atoms with E-state index in [4.69, 9.17) is 0 Å². The van der Waals surface area contributed by atoms with Crippen LogP contribution in [0.15, 0.2) is 146 Å². The lowest BCUT2D eigenvalue weighted by atomic mass is 9.58. The van der Waals surface area contributed by atoms with Crippen molar-refractivity contribution in [3.8, 4) is 39.1 Å². The van der Waals surface area contributed by atoms with E-state index < -0.39 is 0 Å². The first-order valence-electron chi connectivity index (χ1n) is 22.2. The van der Waals surface area contributed by atoms with E-state index in [2.05, 4.69) is 197 Å². The standard InChI is InChI=1S/C58H46BN2S/c1-33-18-21-37(22-19-33)60-49-16-10-8-14-40(49)44-28-42(35-20-23-39-36(27-35)26-34-12-6-7-13-38(34)39)54-45-29-46-47(58(4,5)25-24-57(46,2)3)31-50(45)61-51-30-43-41-15-9-11-17-52(41)62-53(43)32-48(51)59-55(44)56(54)61/h6-23,27-32,60H,24-26H2,1-5H3. The van der Waals surface area contributed by atoms with Gasteiger partial charge in [0, 0.05) is 59.1 Å². The number of nitrogens with one attached hydrogen (secondary N) is 1. The Morgan fingerprint density at radius 1 is 0.581 bits per heavy atom. The number of anilines is 2. The molecule has 0 spiro atoms. The summed E-state index contributed by atoms with van der Waals surface area (Å²) < 4.78 is 5.34. The molecule has 0 saturated carbocycles. The molecule has 0 unspecified atom stereocenters. The molecule has 1 N–H and O–H groups in total. The highest BCUT2D eigenvalue weighted by molar-refractivity contribution is 7.26. The molecule has 1 radical (unpaired) electrons. The van der Waals surface area contributed by atoms with Crippen molar-refractivity contribution < 1.29 is 0 Å². The largest absolute Gasteiger partial charge is 0.355 e. The summed E-state index contributed by atoms with van der Waals surface area (Å²) in [6.45, 7) is 12.0. The number of benzene rings is 8. The summed E-state index contributed by atoms with van der Waals surface area (Å²) in [7, 11) is 2.51. The molecule has 3 aliphatic rings. The van der Waals surface area contributed by atoms with E-state index >= 15 is 0 Å². The Morgan fingerprint density at radius 3 is 2.15 bits per heavy atom. The van der Waals surface area contributed by atoms with Crippen molar-refractivity contribution in [2.75, 3.05) is 5.32 Å². The first kappa shape index (κ1) is 36.3. The molecule has 13 rings (SSSR count). The molecule has 8 aromatic carbocycles. The average Bonchev–Trinajstić information content (AvgIpc) is 3.95. The molecule has 297 valence electrons. The summed E-state index contributed by atoms with van der Waals surface area (Å²) in [5.41, 5.74) is 23.5. The van der Waals surface area contributed by atoms with Crippen LogP contribution in [-0.2, 0) is 17.3 Å². The molecule has 10 aromatic rings. The summed E-state index contributed by atoms with van der Waals surface area (Å²) in [6.07, 6.45) is 3.31. The predicted molar refractivity (Wildman–Crippen MR) is 268 cm³/mol. The van der Waals surface area contributed by atoms with Gasteiger partial charge in [-0.25, -0.2) is 0 Å². The highest BCUT2D eigenvalue weighted by Gasteiger charge is 2.39. The highest BCUT2D eigenvalue weighted by atomic mass is 32.1. The molecular formula is C58H46BN2S. The van der Waals surface area contributed by atoms with Crippen molar-refractivity contribution in [1.82, 2.24) is 4.57 Å². The quantitative estimate of drug-likeness (QED) is 0.175. The van der Waals surface area contributed by atoms with Crippen LogP contribution in [0.4, 0.5) is 11.4 Å². The zero-order valence-corrected chi connectivity index (χ0v) is 36.7. The van der Waals surface area contributed by atoms with Crippen molar-refractivity contribution >= 4 is 82.9 Å². The van der Waals surface area contributed by atoms with Crippen LogP contribution in [0, 0.1) is 6.92 Å². The fourth-order valence-corrected chi connectivity index (χ4v) is 12.5. The fraction of sp³-hybridized carbons (Fsp3) is 0.172. The van der Waals surface area contributed by atoms with E-state index in [1.165, 1.54) is 133 Å². The lowest BCUT2D eigenvalue weighted by molar-refractivity contribution is 0.332. The first-order chi connectivity index (χ1) is 30.1. The normalized spacial score (nSPS) is 15.4. The Balaban J connectivity index is 1.17. The van der Waals surface area contributed by atoms with Crippen LogP contribution in [0.25, 0.3) is 81.0 Å². The SMILES string of the molecule is Cc1ccc(Nc2ccccc2-c2cc(-c3ccc4c(c3)Cc3ccccc3-4)c3c4cc5c(cc4n4c3c2[B]c2cc3sc6ccccc6c3cc2-4)C(C)(C)CCC5(C)C)cc1. The van der Waals surface area contributed by atoms with Crippen molar-refractivity contribution in [1.29, 1.82) is 0 Å². The second kappa shape index (κ2) is 12.8. The number of nitrogens with zero attached hydrogens (tertiary/aromatic N) is 1. The van der Waals surface area contributed by atoms with Crippen LogP contribution in [0.5, 0.6) is 0 Å². The van der Waals surface area contributed by atoms with Crippen LogP contribution in [-0.4, -0.2) is 11.8 Å². The number of fused-ring (bicyclic) bond motifs is 12. The third-order valence-corrected chi connectivity index (χ3v) is 15.9. The van der Waals surface area contributed by atoms with E-state index in [0.717, 1.165) is 17.8 Å². The molecule has 0 amide bonds. The Bertz CT molecular complexity index is 3560. The fourth-order valence-electron chi connectivity index (χ4n) is 11.3. The van der Waals surface area contributed by atoms with Gasteiger partial charge in [-0.1, -0.05) is 130 Å². The summed E-state index contributed by atoms with van der Waals surface area (Å²) in [5, 5.41) is 9.21. The maximum absolute atomic E-state index is 3.85. The molecule has 62 heavy (non-hydrogen) atoms.